The van der Waals surface area contributed by atoms with Crippen LogP contribution in [-0.4, -0.2) is 22.9 Å². The Morgan fingerprint density at radius 1 is 1.39 bits per heavy atom. The lowest BCUT2D eigenvalue weighted by molar-refractivity contribution is 0.102. The average molecular weight is 264 g/mol. The van der Waals surface area contributed by atoms with Crippen molar-refractivity contribution in [3.63, 3.8) is 0 Å². The van der Waals surface area contributed by atoms with Gasteiger partial charge >= 0.3 is 0 Å². The van der Waals surface area contributed by atoms with Crippen molar-refractivity contribution in [2.75, 3.05) is 5.75 Å². The molecule has 1 aliphatic carbocycles. The first-order valence-corrected chi connectivity index (χ1v) is 7.65. The fourth-order valence-electron chi connectivity index (χ4n) is 1.52. The Kier molecular flexibility index (Phi) is 4.70. The maximum Gasteiger partial charge on any atom is 0.172 e. The van der Waals surface area contributed by atoms with Gasteiger partial charge in [-0.3, -0.25) is 4.79 Å². The highest BCUT2D eigenvalue weighted by molar-refractivity contribution is 8.00. The van der Waals surface area contributed by atoms with E-state index < -0.39 is 0 Å². The third kappa shape index (κ3) is 4.05. The molecular weight excluding hydrogens is 244 g/mol. The molecule has 3 heteroatoms. The van der Waals surface area contributed by atoms with Crippen LogP contribution in [0.5, 0.6) is 5.75 Å². The summed E-state index contributed by atoms with van der Waals surface area (Å²) in [5, 5.41) is 0.548. The zero-order valence-corrected chi connectivity index (χ0v) is 11.8. The summed E-state index contributed by atoms with van der Waals surface area (Å²) in [4.78, 5) is 11.9. The largest absolute Gasteiger partial charge is 0.490 e. The van der Waals surface area contributed by atoms with E-state index in [0.29, 0.717) is 17.1 Å². The first kappa shape index (κ1) is 13.5. The highest BCUT2D eigenvalue weighted by Gasteiger charge is 2.23. The van der Waals surface area contributed by atoms with Crippen LogP contribution in [-0.2, 0) is 0 Å². The van der Waals surface area contributed by atoms with Crippen LogP contribution in [0.1, 0.15) is 43.5 Å². The number of Topliss-reactive ketones (excluding diaryl/α,β-unsaturated/α-hetero) is 1. The van der Waals surface area contributed by atoms with E-state index in [1.165, 1.54) is 0 Å². The molecule has 0 bridgehead atoms. The fourth-order valence-corrected chi connectivity index (χ4v) is 2.36. The van der Waals surface area contributed by atoms with Gasteiger partial charge in [-0.1, -0.05) is 13.8 Å². The van der Waals surface area contributed by atoms with Crippen LogP contribution < -0.4 is 4.74 Å². The van der Waals surface area contributed by atoms with Gasteiger partial charge in [0, 0.05) is 10.8 Å². The van der Waals surface area contributed by atoms with Crippen molar-refractivity contribution in [3.05, 3.63) is 29.8 Å². The molecule has 1 aromatic rings. The van der Waals surface area contributed by atoms with Gasteiger partial charge in [-0.2, -0.15) is 11.8 Å². The van der Waals surface area contributed by atoms with E-state index in [1.54, 1.807) is 11.8 Å². The topological polar surface area (TPSA) is 26.3 Å². The lowest BCUT2D eigenvalue weighted by Crippen LogP contribution is -2.06. The molecule has 1 aromatic carbocycles. The van der Waals surface area contributed by atoms with E-state index in [2.05, 4.69) is 13.8 Å². The first-order chi connectivity index (χ1) is 8.69. The third-order valence-corrected chi connectivity index (χ3v) is 4.41. The summed E-state index contributed by atoms with van der Waals surface area (Å²) in [7, 11) is 0. The Labute approximate surface area is 113 Å². The number of carbonyl (C=O) groups excluding carboxylic acids is 1. The number of hydrogen-bond acceptors (Lipinski definition) is 3. The molecule has 0 saturated heterocycles. The molecule has 98 valence electrons. The predicted molar refractivity (Wildman–Crippen MR) is 76.6 cm³/mol. The van der Waals surface area contributed by atoms with Crippen LogP contribution in [0.25, 0.3) is 0 Å². The highest BCUT2D eigenvalue weighted by atomic mass is 32.2. The molecule has 0 aliphatic heterocycles. The average Bonchev–Trinajstić information content (AvgIpc) is 3.20. The van der Waals surface area contributed by atoms with Crippen LogP contribution in [0.2, 0.25) is 0 Å². The van der Waals surface area contributed by atoms with Gasteiger partial charge in [-0.05, 0) is 43.5 Å². The van der Waals surface area contributed by atoms with Gasteiger partial charge in [0.05, 0.1) is 11.9 Å². The van der Waals surface area contributed by atoms with Gasteiger partial charge in [0.15, 0.2) is 5.78 Å². The molecular formula is C15H20O2S. The van der Waals surface area contributed by atoms with Crippen molar-refractivity contribution in [1.29, 1.82) is 0 Å². The summed E-state index contributed by atoms with van der Waals surface area (Å²) in [5.41, 5.74) is 0.786. The van der Waals surface area contributed by atoms with E-state index in [-0.39, 0.29) is 5.78 Å². The van der Waals surface area contributed by atoms with E-state index >= 15 is 0 Å². The first-order valence-electron chi connectivity index (χ1n) is 6.60. The summed E-state index contributed by atoms with van der Waals surface area (Å²) in [5.74, 6) is 1.65. The molecule has 0 amide bonds. The molecule has 1 atom stereocenters. The zero-order chi connectivity index (χ0) is 13.0. The minimum absolute atomic E-state index is 0.207. The minimum atomic E-state index is 0.207. The Morgan fingerprint density at radius 2 is 2.06 bits per heavy atom. The normalized spacial score (nSPS) is 16.3. The van der Waals surface area contributed by atoms with Crippen molar-refractivity contribution in [2.45, 2.75) is 44.5 Å². The maximum atomic E-state index is 11.9. The zero-order valence-electron chi connectivity index (χ0n) is 11.0. The minimum Gasteiger partial charge on any atom is -0.490 e. The number of rotatable bonds is 7. The van der Waals surface area contributed by atoms with Crippen molar-refractivity contribution >= 4 is 17.5 Å². The Morgan fingerprint density at radius 3 is 2.61 bits per heavy atom. The summed E-state index contributed by atoms with van der Waals surface area (Å²) >= 11 is 1.72. The van der Waals surface area contributed by atoms with E-state index in [9.17, 15) is 4.79 Å². The quantitative estimate of drug-likeness (QED) is 0.698. The van der Waals surface area contributed by atoms with Crippen LogP contribution in [0.3, 0.4) is 0 Å². The number of ketones is 1. The number of ether oxygens (including phenoxy) is 1. The second-order valence-corrected chi connectivity index (χ2v) is 6.22. The highest BCUT2D eigenvalue weighted by Crippen LogP contribution is 2.27. The SMILES string of the molecule is CCC(C)SCC(=O)c1ccc(OC2CC2)cc1. The van der Waals surface area contributed by atoms with Gasteiger partial charge in [0.2, 0.25) is 0 Å². The molecule has 1 unspecified atom stereocenters. The van der Waals surface area contributed by atoms with Gasteiger partial charge < -0.3 is 4.74 Å². The molecule has 1 fully saturated rings. The summed E-state index contributed by atoms with van der Waals surface area (Å²) in [6.45, 7) is 4.30. The standard InChI is InChI=1S/C15H20O2S/c1-3-11(2)18-10-15(16)12-4-6-13(7-5-12)17-14-8-9-14/h4-7,11,14H,3,8-10H2,1-2H3. The van der Waals surface area contributed by atoms with Crippen LogP contribution in [0, 0.1) is 0 Å². The number of benzene rings is 1. The lowest BCUT2D eigenvalue weighted by atomic mass is 10.1. The van der Waals surface area contributed by atoms with E-state index in [1.807, 2.05) is 24.3 Å². The molecule has 0 heterocycles. The summed E-state index contributed by atoms with van der Waals surface area (Å²) in [6, 6.07) is 7.55. The van der Waals surface area contributed by atoms with Crippen LogP contribution in [0.15, 0.2) is 24.3 Å². The number of thioether (sulfide) groups is 1. The molecule has 0 radical (unpaired) electrons. The molecule has 1 saturated carbocycles. The molecule has 18 heavy (non-hydrogen) atoms. The molecule has 1 aliphatic rings. The van der Waals surface area contributed by atoms with Crippen molar-refractivity contribution in [1.82, 2.24) is 0 Å². The maximum absolute atomic E-state index is 11.9. The van der Waals surface area contributed by atoms with Gasteiger partial charge in [0.1, 0.15) is 5.75 Å². The van der Waals surface area contributed by atoms with Gasteiger partial charge in [-0.15, -0.1) is 0 Å². The number of carbonyl (C=O) groups is 1. The summed E-state index contributed by atoms with van der Waals surface area (Å²) < 4.78 is 5.66. The van der Waals surface area contributed by atoms with Crippen molar-refractivity contribution in [2.24, 2.45) is 0 Å². The predicted octanol–water partition coefficient (Wildman–Crippen LogP) is 3.94. The smallest absolute Gasteiger partial charge is 0.172 e. The Hall–Kier alpha value is -0.960. The molecule has 2 rings (SSSR count). The Bertz CT molecular complexity index is 395. The van der Waals surface area contributed by atoms with Gasteiger partial charge in [-0.25, -0.2) is 0 Å². The molecule has 0 aromatic heterocycles. The third-order valence-electron chi connectivity index (χ3n) is 3.08. The summed E-state index contributed by atoms with van der Waals surface area (Å²) in [6.07, 6.45) is 3.83. The molecule has 2 nitrogen and oxygen atoms in total. The van der Waals surface area contributed by atoms with Crippen molar-refractivity contribution < 1.29 is 9.53 Å². The Balaban J connectivity index is 1.85. The van der Waals surface area contributed by atoms with Crippen molar-refractivity contribution in [3.8, 4) is 5.75 Å². The second kappa shape index (κ2) is 6.28. The van der Waals surface area contributed by atoms with Crippen LogP contribution in [0.4, 0.5) is 0 Å². The van der Waals surface area contributed by atoms with Gasteiger partial charge in [0.25, 0.3) is 0 Å². The molecule has 0 N–H and O–H groups in total. The van der Waals surface area contributed by atoms with E-state index in [4.69, 9.17) is 4.74 Å². The second-order valence-electron chi connectivity index (χ2n) is 4.79. The van der Waals surface area contributed by atoms with Crippen LogP contribution >= 0.6 is 11.8 Å². The number of hydrogen-bond donors (Lipinski definition) is 0. The fraction of sp³-hybridized carbons (Fsp3) is 0.533. The lowest BCUT2D eigenvalue weighted by Gasteiger charge is -2.08. The molecule has 0 spiro atoms. The van der Waals surface area contributed by atoms with E-state index in [0.717, 1.165) is 30.6 Å². The monoisotopic (exact) mass is 264 g/mol.